The SMILES string of the molecule is Cc1ccc2cc(C3=C(CN(C)C)C4CCC3C4)sc2c1. The van der Waals surface area contributed by atoms with Crippen molar-refractivity contribution in [3.63, 3.8) is 0 Å². The molecule has 1 aromatic carbocycles. The Morgan fingerprint density at radius 2 is 1.95 bits per heavy atom. The molecule has 1 heterocycles. The van der Waals surface area contributed by atoms with Crippen LogP contribution in [-0.2, 0) is 0 Å². The van der Waals surface area contributed by atoms with Gasteiger partial charge in [-0.25, -0.2) is 0 Å². The summed E-state index contributed by atoms with van der Waals surface area (Å²) in [6.07, 6.45) is 4.23. The summed E-state index contributed by atoms with van der Waals surface area (Å²) in [7, 11) is 4.40. The number of hydrogen-bond acceptors (Lipinski definition) is 2. The van der Waals surface area contributed by atoms with E-state index in [1.54, 1.807) is 16.0 Å². The fraction of sp³-hybridized carbons (Fsp3) is 0.474. The third-order valence-corrected chi connectivity index (χ3v) is 6.24. The molecule has 0 amide bonds. The van der Waals surface area contributed by atoms with Crippen molar-refractivity contribution in [1.29, 1.82) is 0 Å². The minimum absolute atomic E-state index is 0.833. The van der Waals surface area contributed by atoms with Gasteiger partial charge >= 0.3 is 0 Å². The summed E-state index contributed by atoms with van der Waals surface area (Å²) in [6, 6.07) is 9.28. The van der Waals surface area contributed by atoms with Crippen LogP contribution in [0.3, 0.4) is 0 Å². The van der Waals surface area contributed by atoms with Gasteiger partial charge in [0, 0.05) is 16.1 Å². The maximum atomic E-state index is 2.44. The Labute approximate surface area is 131 Å². The van der Waals surface area contributed by atoms with E-state index in [-0.39, 0.29) is 0 Å². The Morgan fingerprint density at radius 3 is 2.76 bits per heavy atom. The Balaban J connectivity index is 1.83. The van der Waals surface area contributed by atoms with E-state index in [1.165, 1.54) is 34.9 Å². The van der Waals surface area contributed by atoms with Crippen molar-refractivity contribution in [2.75, 3.05) is 20.6 Å². The number of allylic oxidation sites excluding steroid dienone is 1. The van der Waals surface area contributed by atoms with Crippen LogP contribution in [0.15, 0.2) is 29.8 Å². The zero-order chi connectivity index (χ0) is 14.6. The van der Waals surface area contributed by atoms with E-state index in [2.05, 4.69) is 50.2 Å². The van der Waals surface area contributed by atoms with Gasteiger partial charge < -0.3 is 4.90 Å². The van der Waals surface area contributed by atoms with Gasteiger partial charge in [-0.2, -0.15) is 0 Å². The van der Waals surface area contributed by atoms with Gasteiger partial charge in [0.05, 0.1) is 0 Å². The molecule has 1 aromatic heterocycles. The average Bonchev–Trinajstić information content (AvgIpc) is 3.10. The molecule has 2 unspecified atom stereocenters. The topological polar surface area (TPSA) is 3.24 Å². The fourth-order valence-corrected chi connectivity index (χ4v) is 5.55. The van der Waals surface area contributed by atoms with Gasteiger partial charge in [0.2, 0.25) is 0 Å². The molecule has 0 N–H and O–H groups in total. The summed E-state index contributed by atoms with van der Waals surface area (Å²) < 4.78 is 1.45. The van der Waals surface area contributed by atoms with Crippen LogP contribution in [0.2, 0.25) is 0 Å². The molecule has 0 spiro atoms. The summed E-state index contributed by atoms with van der Waals surface area (Å²) in [5, 5.41) is 1.42. The van der Waals surface area contributed by atoms with Crippen molar-refractivity contribution in [3.05, 3.63) is 40.3 Å². The highest BCUT2D eigenvalue weighted by atomic mass is 32.1. The lowest BCUT2D eigenvalue weighted by molar-refractivity contribution is 0.423. The maximum absolute atomic E-state index is 2.44. The Hall–Kier alpha value is -1.12. The molecule has 4 rings (SSSR count). The molecule has 110 valence electrons. The number of fused-ring (bicyclic) bond motifs is 3. The van der Waals surface area contributed by atoms with E-state index >= 15 is 0 Å². The van der Waals surface area contributed by atoms with Crippen molar-refractivity contribution in [3.8, 4) is 0 Å². The van der Waals surface area contributed by atoms with Gasteiger partial charge in [-0.15, -0.1) is 11.3 Å². The fourth-order valence-electron chi connectivity index (χ4n) is 4.23. The highest BCUT2D eigenvalue weighted by Gasteiger charge is 2.39. The molecule has 0 aliphatic heterocycles. The maximum Gasteiger partial charge on any atom is 0.0351 e. The first-order valence-corrected chi connectivity index (χ1v) is 8.81. The van der Waals surface area contributed by atoms with Gasteiger partial charge in [0.1, 0.15) is 0 Å². The molecule has 2 aromatic rings. The molecule has 0 radical (unpaired) electrons. The third kappa shape index (κ3) is 2.25. The summed E-state index contributed by atoms with van der Waals surface area (Å²) >= 11 is 2.00. The van der Waals surface area contributed by atoms with Crippen LogP contribution >= 0.6 is 11.3 Å². The zero-order valence-electron chi connectivity index (χ0n) is 13.1. The lowest BCUT2D eigenvalue weighted by Crippen LogP contribution is -2.19. The first-order valence-electron chi connectivity index (χ1n) is 8.00. The summed E-state index contributed by atoms with van der Waals surface area (Å²) in [6.45, 7) is 3.33. The molecule has 0 saturated heterocycles. The van der Waals surface area contributed by atoms with E-state index in [0.29, 0.717) is 0 Å². The molecule has 2 heteroatoms. The minimum atomic E-state index is 0.833. The van der Waals surface area contributed by atoms with Crippen LogP contribution in [0.1, 0.15) is 29.7 Å². The molecule has 1 nitrogen and oxygen atoms in total. The van der Waals surface area contributed by atoms with Crippen LogP contribution < -0.4 is 0 Å². The molecule has 21 heavy (non-hydrogen) atoms. The number of aryl methyl sites for hydroxylation is 1. The lowest BCUT2D eigenvalue weighted by Gasteiger charge is -2.22. The predicted octanol–water partition coefficient (Wildman–Crippen LogP) is 4.95. The minimum Gasteiger partial charge on any atom is -0.305 e. The standard InChI is InChI=1S/C19H23NS/c1-12-4-5-14-10-18(21-17(14)8-12)19-15-7-6-13(9-15)16(19)11-20(2)3/h4-5,8,10,13,15H,6-7,9,11H2,1-3H3. The smallest absolute Gasteiger partial charge is 0.0351 e. The number of hydrogen-bond donors (Lipinski definition) is 0. The molecular weight excluding hydrogens is 274 g/mol. The second-order valence-corrected chi connectivity index (χ2v) is 8.12. The van der Waals surface area contributed by atoms with Crippen LogP contribution in [0.4, 0.5) is 0 Å². The number of likely N-dealkylation sites (N-methyl/N-ethyl adjacent to an activating group) is 1. The molecule has 2 aliphatic rings. The summed E-state index contributed by atoms with van der Waals surface area (Å²) in [5.41, 5.74) is 4.81. The second-order valence-electron chi connectivity index (χ2n) is 7.04. The van der Waals surface area contributed by atoms with Crippen LogP contribution in [0.5, 0.6) is 0 Å². The van der Waals surface area contributed by atoms with Gasteiger partial charge in [-0.3, -0.25) is 0 Å². The largest absolute Gasteiger partial charge is 0.305 e. The Kier molecular flexibility index (Phi) is 3.20. The predicted molar refractivity (Wildman–Crippen MR) is 92.9 cm³/mol. The van der Waals surface area contributed by atoms with E-state index < -0.39 is 0 Å². The monoisotopic (exact) mass is 297 g/mol. The van der Waals surface area contributed by atoms with Crippen molar-refractivity contribution < 1.29 is 0 Å². The normalized spacial score (nSPS) is 24.8. The molecule has 2 aliphatic carbocycles. The van der Waals surface area contributed by atoms with Crippen molar-refractivity contribution >= 4 is 27.0 Å². The highest BCUT2D eigenvalue weighted by Crippen LogP contribution is 2.54. The summed E-state index contributed by atoms with van der Waals surface area (Å²) in [5.74, 6) is 1.69. The number of thiophene rings is 1. The van der Waals surface area contributed by atoms with Crippen molar-refractivity contribution in [2.45, 2.75) is 26.2 Å². The number of benzene rings is 1. The van der Waals surface area contributed by atoms with Crippen molar-refractivity contribution in [1.82, 2.24) is 4.90 Å². The molecule has 2 atom stereocenters. The van der Waals surface area contributed by atoms with Gasteiger partial charge in [0.25, 0.3) is 0 Å². The van der Waals surface area contributed by atoms with Crippen molar-refractivity contribution in [2.24, 2.45) is 11.8 Å². The van der Waals surface area contributed by atoms with Gasteiger partial charge in [-0.05, 0) is 86.3 Å². The number of nitrogens with zero attached hydrogens (tertiary/aromatic N) is 1. The molecule has 1 saturated carbocycles. The Bertz CT molecular complexity index is 722. The molecule has 1 fully saturated rings. The van der Waals surface area contributed by atoms with E-state index in [4.69, 9.17) is 0 Å². The molecular formula is C19H23NS. The first kappa shape index (κ1) is 13.5. The van der Waals surface area contributed by atoms with E-state index in [9.17, 15) is 0 Å². The highest BCUT2D eigenvalue weighted by molar-refractivity contribution is 7.20. The zero-order valence-corrected chi connectivity index (χ0v) is 14.0. The van der Waals surface area contributed by atoms with Gasteiger partial charge in [0.15, 0.2) is 0 Å². The van der Waals surface area contributed by atoms with Crippen LogP contribution in [0.25, 0.3) is 15.7 Å². The van der Waals surface area contributed by atoms with E-state index in [1.807, 2.05) is 11.3 Å². The van der Waals surface area contributed by atoms with Crippen LogP contribution in [-0.4, -0.2) is 25.5 Å². The Morgan fingerprint density at radius 1 is 1.14 bits per heavy atom. The number of rotatable bonds is 3. The average molecular weight is 297 g/mol. The quantitative estimate of drug-likeness (QED) is 0.774. The summed E-state index contributed by atoms with van der Waals surface area (Å²) in [4.78, 5) is 3.88. The lowest BCUT2D eigenvalue weighted by atomic mass is 9.90. The van der Waals surface area contributed by atoms with E-state index in [0.717, 1.165) is 18.4 Å². The third-order valence-electron chi connectivity index (χ3n) is 5.11. The first-order chi connectivity index (χ1) is 10.1. The van der Waals surface area contributed by atoms with Crippen LogP contribution in [0, 0.1) is 18.8 Å². The second kappa shape index (κ2) is 4.96. The molecule has 2 bridgehead atoms. The van der Waals surface area contributed by atoms with Gasteiger partial charge in [-0.1, -0.05) is 12.1 Å².